The molecule has 20 heavy (non-hydrogen) atoms. The molecule has 6 nitrogen and oxygen atoms in total. The lowest BCUT2D eigenvalue weighted by molar-refractivity contribution is -0.121. The molecule has 1 aromatic rings. The van der Waals surface area contributed by atoms with Gasteiger partial charge >= 0.3 is 10.2 Å². The van der Waals surface area contributed by atoms with Crippen LogP contribution in [0.25, 0.3) is 0 Å². The average molecular weight is 297 g/mol. The van der Waals surface area contributed by atoms with Gasteiger partial charge in [0.1, 0.15) is 0 Å². The molecule has 110 valence electrons. The molecule has 2 rings (SSSR count). The summed E-state index contributed by atoms with van der Waals surface area (Å²) in [5.41, 5.74) is 1.31. The third-order valence-corrected chi connectivity index (χ3v) is 5.05. The smallest absolute Gasteiger partial charge is 0.326 e. The standard InChI is InChI=1S/C13H19N3O3S/c1-3-6-13(17)14-9-10-16-12-8-5-4-7-11(12)15(2)20(16,18)19/h4-5,7-8H,3,6,9-10H2,1-2H3,(H,14,17). The predicted octanol–water partition coefficient (Wildman–Crippen LogP) is 1.10. The maximum atomic E-state index is 12.3. The van der Waals surface area contributed by atoms with Crippen LogP contribution < -0.4 is 13.9 Å². The molecule has 1 aliphatic rings. The van der Waals surface area contributed by atoms with Gasteiger partial charge in [0.25, 0.3) is 0 Å². The Morgan fingerprint density at radius 2 is 1.90 bits per heavy atom. The Kier molecular flexibility index (Phi) is 4.17. The first kappa shape index (κ1) is 14.6. The van der Waals surface area contributed by atoms with E-state index in [1.54, 1.807) is 24.3 Å². The van der Waals surface area contributed by atoms with Gasteiger partial charge in [0.2, 0.25) is 5.91 Å². The summed E-state index contributed by atoms with van der Waals surface area (Å²) in [6.45, 7) is 2.47. The molecule has 0 atom stereocenters. The maximum absolute atomic E-state index is 12.3. The number of carbonyl (C=O) groups excluding carboxylic acids is 1. The van der Waals surface area contributed by atoms with Gasteiger partial charge in [0, 0.05) is 20.0 Å². The quantitative estimate of drug-likeness (QED) is 0.885. The van der Waals surface area contributed by atoms with Gasteiger partial charge in [-0.05, 0) is 18.6 Å². The zero-order valence-electron chi connectivity index (χ0n) is 11.7. The molecule has 1 aliphatic heterocycles. The topological polar surface area (TPSA) is 69.7 Å². The fourth-order valence-corrected chi connectivity index (χ4v) is 3.61. The van der Waals surface area contributed by atoms with Crippen LogP contribution in [0.1, 0.15) is 19.8 Å². The second-order valence-electron chi connectivity index (χ2n) is 4.64. The Bertz CT molecular complexity index is 601. The van der Waals surface area contributed by atoms with Crippen molar-refractivity contribution in [3.63, 3.8) is 0 Å². The van der Waals surface area contributed by atoms with Gasteiger partial charge in [0.15, 0.2) is 0 Å². The minimum atomic E-state index is -3.52. The molecule has 0 aliphatic carbocycles. The molecule has 0 aromatic heterocycles. The number of amides is 1. The van der Waals surface area contributed by atoms with E-state index in [1.165, 1.54) is 15.7 Å². The largest absolute Gasteiger partial charge is 0.354 e. The summed E-state index contributed by atoms with van der Waals surface area (Å²) in [5.74, 6) is -0.0502. The molecule has 0 radical (unpaired) electrons. The number of fused-ring (bicyclic) bond motifs is 1. The minimum Gasteiger partial charge on any atom is -0.354 e. The van der Waals surface area contributed by atoms with Crippen LogP contribution in [0.5, 0.6) is 0 Å². The normalized spacial score (nSPS) is 16.1. The summed E-state index contributed by atoms with van der Waals surface area (Å²) in [7, 11) is -1.99. The summed E-state index contributed by atoms with van der Waals surface area (Å²) < 4.78 is 27.2. The van der Waals surface area contributed by atoms with Crippen molar-refractivity contribution in [2.24, 2.45) is 0 Å². The monoisotopic (exact) mass is 297 g/mol. The third kappa shape index (κ3) is 2.58. The number of anilines is 2. The molecule has 0 spiro atoms. The van der Waals surface area contributed by atoms with Crippen LogP contribution in [-0.2, 0) is 15.0 Å². The molecular formula is C13H19N3O3S. The van der Waals surface area contributed by atoms with Crippen LogP contribution in [0, 0.1) is 0 Å². The van der Waals surface area contributed by atoms with Crippen LogP contribution in [-0.4, -0.2) is 34.5 Å². The summed E-state index contributed by atoms with van der Waals surface area (Å²) >= 11 is 0. The molecule has 0 saturated carbocycles. The van der Waals surface area contributed by atoms with E-state index < -0.39 is 10.2 Å². The van der Waals surface area contributed by atoms with Crippen LogP contribution in [0.2, 0.25) is 0 Å². The van der Waals surface area contributed by atoms with Crippen molar-refractivity contribution >= 4 is 27.5 Å². The van der Waals surface area contributed by atoms with Crippen LogP contribution in [0.3, 0.4) is 0 Å². The van der Waals surface area contributed by atoms with Crippen LogP contribution in [0.4, 0.5) is 11.4 Å². The zero-order valence-corrected chi connectivity index (χ0v) is 12.5. The lowest BCUT2D eigenvalue weighted by Crippen LogP contribution is -2.40. The second kappa shape index (κ2) is 5.70. The van der Waals surface area contributed by atoms with Crippen molar-refractivity contribution in [1.29, 1.82) is 0 Å². The Labute approximate surface area is 119 Å². The van der Waals surface area contributed by atoms with Crippen LogP contribution in [0.15, 0.2) is 24.3 Å². The van der Waals surface area contributed by atoms with Crippen molar-refractivity contribution in [1.82, 2.24) is 5.32 Å². The van der Waals surface area contributed by atoms with Gasteiger partial charge in [-0.15, -0.1) is 0 Å². The van der Waals surface area contributed by atoms with Crippen molar-refractivity contribution < 1.29 is 13.2 Å². The first-order valence-corrected chi connectivity index (χ1v) is 8.00. The highest BCUT2D eigenvalue weighted by Crippen LogP contribution is 2.38. The Hall–Kier alpha value is -1.76. The molecule has 1 N–H and O–H groups in total. The second-order valence-corrected chi connectivity index (χ2v) is 6.52. The van der Waals surface area contributed by atoms with Crippen molar-refractivity contribution in [3.05, 3.63) is 24.3 Å². The third-order valence-electron chi connectivity index (χ3n) is 3.23. The number of benzene rings is 1. The molecule has 0 fully saturated rings. The van der Waals surface area contributed by atoms with Gasteiger partial charge in [0.05, 0.1) is 17.9 Å². The highest BCUT2D eigenvalue weighted by molar-refractivity contribution is 7.94. The molecule has 1 heterocycles. The number of nitrogens with zero attached hydrogens (tertiary/aromatic N) is 2. The molecule has 0 saturated heterocycles. The molecule has 0 unspecified atom stereocenters. The molecule has 0 bridgehead atoms. The minimum absolute atomic E-state index is 0.0502. The Balaban J connectivity index is 2.09. The Morgan fingerprint density at radius 1 is 1.25 bits per heavy atom. The van der Waals surface area contributed by atoms with Gasteiger partial charge in [-0.3, -0.25) is 9.10 Å². The lowest BCUT2D eigenvalue weighted by atomic mass is 10.2. The lowest BCUT2D eigenvalue weighted by Gasteiger charge is -2.19. The highest BCUT2D eigenvalue weighted by Gasteiger charge is 2.37. The van der Waals surface area contributed by atoms with Gasteiger partial charge < -0.3 is 5.32 Å². The number of nitrogens with one attached hydrogen (secondary N) is 1. The maximum Gasteiger partial charge on any atom is 0.326 e. The van der Waals surface area contributed by atoms with E-state index in [0.717, 1.165) is 6.42 Å². The van der Waals surface area contributed by atoms with E-state index in [1.807, 2.05) is 6.92 Å². The number of para-hydroxylation sites is 2. The summed E-state index contributed by atoms with van der Waals surface area (Å²) in [4.78, 5) is 11.4. The van der Waals surface area contributed by atoms with E-state index >= 15 is 0 Å². The van der Waals surface area contributed by atoms with Crippen molar-refractivity contribution in [2.75, 3.05) is 28.7 Å². The first-order chi connectivity index (χ1) is 9.48. The molecule has 1 aromatic carbocycles. The summed E-state index contributed by atoms with van der Waals surface area (Å²) in [6.07, 6.45) is 1.24. The molecule has 7 heteroatoms. The zero-order chi connectivity index (χ0) is 14.8. The van der Waals surface area contributed by atoms with E-state index in [0.29, 0.717) is 24.3 Å². The first-order valence-electron chi connectivity index (χ1n) is 6.60. The number of carbonyl (C=O) groups is 1. The average Bonchev–Trinajstić information content (AvgIpc) is 2.60. The summed E-state index contributed by atoms with van der Waals surface area (Å²) in [5, 5.41) is 2.73. The fraction of sp³-hybridized carbons (Fsp3) is 0.462. The van der Waals surface area contributed by atoms with Crippen molar-refractivity contribution in [3.8, 4) is 0 Å². The van der Waals surface area contributed by atoms with E-state index in [9.17, 15) is 13.2 Å². The van der Waals surface area contributed by atoms with E-state index in [-0.39, 0.29) is 12.5 Å². The SMILES string of the molecule is CCCC(=O)NCCN1c2ccccc2N(C)S1(=O)=O. The predicted molar refractivity (Wildman–Crippen MR) is 79.0 cm³/mol. The number of hydrogen-bond acceptors (Lipinski definition) is 3. The van der Waals surface area contributed by atoms with Gasteiger partial charge in [-0.1, -0.05) is 19.1 Å². The van der Waals surface area contributed by atoms with Crippen molar-refractivity contribution in [2.45, 2.75) is 19.8 Å². The highest BCUT2D eigenvalue weighted by atomic mass is 32.2. The van der Waals surface area contributed by atoms with Gasteiger partial charge in [-0.2, -0.15) is 8.42 Å². The summed E-state index contributed by atoms with van der Waals surface area (Å²) in [6, 6.07) is 7.14. The molecular weight excluding hydrogens is 278 g/mol. The Morgan fingerprint density at radius 3 is 2.55 bits per heavy atom. The van der Waals surface area contributed by atoms with E-state index in [4.69, 9.17) is 0 Å². The van der Waals surface area contributed by atoms with Crippen LogP contribution >= 0.6 is 0 Å². The van der Waals surface area contributed by atoms with Gasteiger partial charge in [-0.25, -0.2) is 4.31 Å². The fourth-order valence-electron chi connectivity index (χ4n) is 2.19. The molecule has 1 amide bonds. The number of hydrogen-bond donors (Lipinski definition) is 1. The number of rotatable bonds is 5. The van der Waals surface area contributed by atoms with E-state index in [2.05, 4.69) is 5.32 Å².